The zero-order valence-electron chi connectivity index (χ0n) is 15.1. The van der Waals surface area contributed by atoms with Crippen LogP contribution >= 0.6 is 0 Å². The first kappa shape index (κ1) is 18.7. The van der Waals surface area contributed by atoms with E-state index in [0.717, 1.165) is 18.6 Å². The van der Waals surface area contributed by atoms with E-state index in [1.165, 1.54) is 12.1 Å². The van der Waals surface area contributed by atoms with Gasteiger partial charge in [0.25, 0.3) is 5.91 Å². The third-order valence-corrected chi connectivity index (χ3v) is 5.44. The van der Waals surface area contributed by atoms with Crippen molar-refractivity contribution in [3.05, 3.63) is 70.8 Å². The van der Waals surface area contributed by atoms with Crippen LogP contribution in [0, 0.1) is 11.6 Å². The summed E-state index contributed by atoms with van der Waals surface area (Å²) in [6, 6.07) is 9.59. The van der Waals surface area contributed by atoms with E-state index in [4.69, 9.17) is 0 Å². The van der Waals surface area contributed by atoms with Gasteiger partial charge in [-0.2, -0.15) is 0 Å². The van der Waals surface area contributed by atoms with Gasteiger partial charge in [-0.1, -0.05) is 18.2 Å². The van der Waals surface area contributed by atoms with Gasteiger partial charge < -0.3 is 10.0 Å². The van der Waals surface area contributed by atoms with Gasteiger partial charge in [-0.15, -0.1) is 0 Å². The first-order chi connectivity index (χ1) is 13.4. The summed E-state index contributed by atoms with van der Waals surface area (Å²) in [5.41, 5.74) is 0.413. The molecule has 2 saturated heterocycles. The fraction of sp³-hybridized carbons (Fsp3) is 0.333. The first-order valence-corrected chi connectivity index (χ1v) is 9.24. The van der Waals surface area contributed by atoms with Crippen LogP contribution in [0.3, 0.4) is 0 Å². The van der Waals surface area contributed by atoms with Gasteiger partial charge in [0.1, 0.15) is 0 Å². The number of rotatable bonds is 4. The number of β-amino-alcohol motifs (C(OH)–C–C–N with tert-alkyl or cyclic N) is 1. The number of hydrogen-bond donors (Lipinski definition) is 1. The van der Waals surface area contributed by atoms with E-state index < -0.39 is 17.4 Å². The molecule has 0 bridgehead atoms. The molecule has 0 saturated carbocycles. The van der Waals surface area contributed by atoms with Gasteiger partial charge in [0, 0.05) is 43.3 Å². The van der Waals surface area contributed by atoms with E-state index in [0.29, 0.717) is 26.2 Å². The number of ketones is 1. The Hall–Kier alpha value is -2.64. The maximum absolute atomic E-state index is 13.5. The van der Waals surface area contributed by atoms with Crippen LogP contribution in [-0.4, -0.2) is 64.9 Å². The van der Waals surface area contributed by atoms with Crippen molar-refractivity contribution in [3.63, 3.8) is 0 Å². The first-order valence-electron chi connectivity index (χ1n) is 9.24. The third kappa shape index (κ3) is 3.43. The molecule has 4 rings (SSSR count). The highest BCUT2D eigenvalue weighted by molar-refractivity contribution is 6.15. The van der Waals surface area contributed by atoms with Crippen LogP contribution in [0.4, 0.5) is 8.78 Å². The average molecular weight is 386 g/mol. The Balaban J connectivity index is 1.55. The van der Waals surface area contributed by atoms with E-state index in [-0.39, 0.29) is 34.7 Å². The normalized spacial score (nSPS) is 20.2. The van der Waals surface area contributed by atoms with E-state index >= 15 is 0 Å². The molecule has 146 valence electrons. The number of halogens is 2. The fourth-order valence-corrected chi connectivity index (χ4v) is 3.84. The molecule has 0 spiro atoms. The summed E-state index contributed by atoms with van der Waals surface area (Å²) in [6.07, 6.45) is 0.525. The van der Waals surface area contributed by atoms with Crippen LogP contribution in [0.2, 0.25) is 0 Å². The largest absolute Gasteiger partial charge is 0.390 e. The average Bonchev–Trinajstić information content (AvgIpc) is 3.16. The van der Waals surface area contributed by atoms with E-state index in [9.17, 15) is 23.5 Å². The fourth-order valence-electron chi connectivity index (χ4n) is 3.84. The van der Waals surface area contributed by atoms with E-state index in [2.05, 4.69) is 4.90 Å². The Kier molecular flexibility index (Phi) is 4.95. The molecule has 2 fully saturated rings. The minimum Gasteiger partial charge on any atom is -0.390 e. The SMILES string of the molecule is O=C(c1ccc(F)c(F)c1)c1ccccc1C(=O)N1CCC(N2CC(O)C2)C1. The van der Waals surface area contributed by atoms with Gasteiger partial charge in [-0.25, -0.2) is 8.78 Å². The van der Waals surface area contributed by atoms with Crippen LogP contribution < -0.4 is 0 Å². The van der Waals surface area contributed by atoms with Crippen molar-refractivity contribution in [1.29, 1.82) is 0 Å². The summed E-state index contributed by atoms with van der Waals surface area (Å²) < 4.78 is 26.7. The highest BCUT2D eigenvalue weighted by Gasteiger charge is 2.37. The number of amides is 1. The van der Waals surface area contributed by atoms with Crippen LogP contribution in [0.1, 0.15) is 32.7 Å². The molecule has 2 heterocycles. The molecule has 2 aromatic rings. The summed E-state index contributed by atoms with van der Waals surface area (Å²) in [6.45, 7) is 2.36. The van der Waals surface area contributed by atoms with Gasteiger partial charge in [-0.3, -0.25) is 14.5 Å². The molecule has 5 nitrogen and oxygen atoms in total. The second kappa shape index (κ2) is 7.41. The molecule has 2 aliphatic heterocycles. The number of carbonyl (C=O) groups is 2. The minimum absolute atomic E-state index is 0.00647. The number of likely N-dealkylation sites (tertiary alicyclic amines) is 2. The molecule has 0 aliphatic carbocycles. The second-order valence-electron chi connectivity index (χ2n) is 7.30. The Morgan fingerprint density at radius 2 is 1.68 bits per heavy atom. The highest BCUT2D eigenvalue weighted by Crippen LogP contribution is 2.24. The zero-order chi connectivity index (χ0) is 19.8. The monoisotopic (exact) mass is 386 g/mol. The van der Waals surface area contributed by atoms with Gasteiger partial charge in [0.05, 0.1) is 11.7 Å². The Bertz CT molecular complexity index is 928. The number of nitrogens with zero attached hydrogens (tertiary/aromatic N) is 2. The molecular formula is C21H20F2N2O3. The summed E-state index contributed by atoms with van der Waals surface area (Å²) in [5, 5.41) is 9.46. The molecule has 7 heteroatoms. The molecule has 1 unspecified atom stereocenters. The maximum atomic E-state index is 13.5. The number of aliphatic hydroxyl groups is 1. The van der Waals surface area contributed by atoms with Crippen molar-refractivity contribution in [2.24, 2.45) is 0 Å². The van der Waals surface area contributed by atoms with Gasteiger partial charge in [0.2, 0.25) is 0 Å². The molecule has 1 amide bonds. The minimum atomic E-state index is -1.10. The topological polar surface area (TPSA) is 60.9 Å². The van der Waals surface area contributed by atoms with E-state index in [1.54, 1.807) is 23.1 Å². The van der Waals surface area contributed by atoms with Crippen LogP contribution in [0.5, 0.6) is 0 Å². The molecule has 0 radical (unpaired) electrons. The maximum Gasteiger partial charge on any atom is 0.254 e. The molecule has 2 aromatic carbocycles. The van der Waals surface area contributed by atoms with Crippen LogP contribution in [-0.2, 0) is 0 Å². The van der Waals surface area contributed by atoms with Crippen molar-refractivity contribution < 1.29 is 23.5 Å². The van der Waals surface area contributed by atoms with Crippen molar-refractivity contribution in [2.45, 2.75) is 18.6 Å². The zero-order valence-corrected chi connectivity index (χ0v) is 15.1. The van der Waals surface area contributed by atoms with Crippen molar-refractivity contribution in [1.82, 2.24) is 9.80 Å². The lowest BCUT2D eigenvalue weighted by molar-refractivity contribution is -0.0217. The lowest BCUT2D eigenvalue weighted by Crippen LogP contribution is -2.56. The Labute approximate surface area is 161 Å². The van der Waals surface area contributed by atoms with Crippen molar-refractivity contribution in [2.75, 3.05) is 26.2 Å². The number of hydrogen-bond acceptors (Lipinski definition) is 4. The second-order valence-corrected chi connectivity index (χ2v) is 7.30. The predicted octanol–water partition coefficient (Wildman–Crippen LogP) is 2.09. The standard InChI is InChI=1S/C21H20F2N2O3/c22-18-6-5-13(9-19(18)23)20(27)16-3-1-2-4-17(16)21(28)24-8-7-14(10-24)25-11-15(26)12-25/h1-6,9,14-15,26H,7-8,10-12H2. The predicted molar refractivity (Wildman–Crippen MR) is 98.1 cm³/mol. The molecule has 1 atom stereocenters. The van der Waals surface area contributed by atoms with Gasteiger partial charge in [0.15, 0.2) is 17.4 Å². The summed E-state index contributed by atoms with van der Waals surface area (Å²) in [7, 11) is 0. The molecule has 28 heavy (non-hydrogen) atoms. The quantitative estimate of drug-likeness (QED) is 0.818. The molecule has 0 aromatic heterocycles. The molecule has 1 N–H and O–H groups in total. The Morgan fingerprint density at radius 3 is 2.36 bits per heavy atom. The third-order valence-electron chi connectivity index (χ3n) is 5.44. The summed E-state index contributed by atoms with van der Waals surface area (Å²) in [4.78, 5) is 29.7. The van der Waals surface area contributed by atoms with Crippen LogP contribution in [0.25, 0.3) is 0 Å². The molecular weight excluding hydrogens is 366 g/mol. The van der Waals surface area contributed by atoms with Crippen molar-refractivity contribution in [3.8, 4) is 0 Å². The Morgan fingerprint density at radius 1 is 0.964 bits per heavy atom. The lowest BCUT2D eigenvalue weighted by atomic mass is 9.97. The van der Waals surface area contributed by atoms with Gasteiger partial charge >= 0.3 is 0 Å². The number of carbonyl (C=O) groups excluding carboxylic acids is 2. The van der Waals surface area contributed by atoms with E-state index in [1.807, 2.05) is 0 Å². The highest BCUT2D eigenvalue weighted by atomic mass is 19.2. The van der Waals surface area contributed by atoms with Gasteiger partial charge in [-0.05, 0) is 30.7 Å². The lowest BCUT2D eigenvalue weighted by Gasteiger charge is -2.40. The van der Waals surface area contributed by atoms with Crippen molar-refractivity contribution >= 4 is 11.7 Å². The number of benzene rings is 2. The molecule has 2 aliphatic rings. The summed E-state index contributed by atoms with van der Waals surface area (Å²) >= 11 is 0. The smallest absolute Gasteiger partial charge is 0.254 e. The summed E-state index contributed by atoms with van der Waals surface area (Å²) in [5.74, 6) is -2.91. The number of aliphatic hydroxyl groups excluding tert-OH is 1. The van der Waals surface area contributed by atoms with Crippen LogP contribution in [0.15, 0.2) is 42.5 Å².